The van der Waals surface area contributed by atoms with Crippen LogP contribution < -0.4 is 5.32 Å². The molecule has 0 spiro atoms. The van der Waals surface area contributed by atoms with Gasteiger partial charge in [0.05, 0.1) is 11.6 Å². The normalized spacial score (nSPS) is 18.8. The molecule has 1 saturated heterocycles. The van der Waals surface area contributed by atoms with E-state index in [2.05, 4.69) is 30.4 Å². The third-order valence-corrected chi connectivity index (χ3v) is 2.74. The zero-order valence-corrected chi connectivity index (χ0v) is 7.67. The van der Waals surface area contributed by atoms with E-state index in [0.717, 1.165) is 18.7 Å². The van der Waals surface area contributed by atoms with Crippen LogP contribution in [0.25, 0.3) is 0 Å². The number of nitriles is 1. The molecule has 1 aromatic carbocycles. The van der Waals surface area contributed by atoms with Crippen molar-refractivity contribution in [2.45, 2.75) is 12.3 Å². The predicted molar refractivity (Wildman–Crippen MR) is 51.4 cm³/mol. The smallest absolute Gasteiger partial charge is 0.0991 e. The molecule has 0 aromatic heterocycles. The Balaban J connectivity index is 2.28. The molecule has 1 aliphatic heterocycles. The number of nitrogens with one attached hydrogen (secondary N) is 1. The molecule has 2 rings (SSSR count). The van der Waals surface area contributed by atoms with Crippen LogP contribution in [-0.4, -0.2) is 13.1 Å². The Bertz CT molecular complexity index is 341. The van der Waals surface area contributed by atoms with Crippen molar-refractivity contribution in [2.24, 2.45) is 0 Å². The van der Waals surface area contributed by atoms with Gasteiger partial charge in [-0.15, -0.1) is 0 Å². The van der Waals surface area contributed by atoms with E-state index < -0.39 is 0 Å². The first-order valence-electron chi connectivity index (χ1n) is 4.46. The number of hydrogen-bond acceptors (Lipinski definition) is 2. The van der Waals surface area contributed by atoms with Gasteiger partial charge in [0, 0.05) is 18.5 Å². The quantitative estimate of drug-likeness (QED) is 0.695. The number of rotatable bonds is 1. The summed E-state index contributed by atoms with van der Waals surface area (Å²) in [5.41, 5.74) is 2.35. The van der Waals surface area contributed by atoms with E-state index in [1.54, 1.807) is 0 Å². The van der Waals surface area contributed by atoms with Crippen LogP contribution >= 0.6 is 0 Å². The first-order valence-corrected chi connectivity index (χ1v) is 4.46. The molecule has 0 aliphatic carbocycles. The molecule has 1 aliphatic rings. The third kappa shape index (κ3) is 1.32. The van der Waals surface area contributed by atoms with Crippen LogP contribution in [0.5, 0.6) is 0 Å². The maximum Gasteiger partial charge on any atom is 0.0991 e. The second kappa shape index (κ2) is 2.86. The number of nitrogens with zero attached hydrogens (tertiary/aromatic N) is 1. The molecule has 0 saturated carbocycles. The summed E-state index contributed by atoms with van der Waals surface area (Å²) in [6, 6.07) is 10.0. The van der Waals surface area contributed by atoms with Gasteiger partial charge in [-0.25, -0.2) is 0 Å². The minimum atomic E-state index is 0.286. The van der Waals surface area contributed by atoms with E-state index in [1.807, 2.05) is 12.1 Å². The van der Waals surface area contributed by atoms with Crippen LogP contribution in [0.15, 0.2) is 24.3 Å². The van der Waals surface area contributed by atoms with E-state index in [1.165, 1.54) is 5.56 Å². The Morgan fingerprint density at radius 1 is 1.31 bits per heavy atom. The maximum atomic E-state index is 8.64. The predicted octanol–water partition coefficient (Wildman–Crippen LogP) is 1.42. The lowest BCUT2D eigenvalue weighted by molar-refractivity contribution is 0.305. The summed E-state index contributed by atoms with van der Waals surface area (Å²) in [4.78, 5) is 0. The Hall–Kier alpha value is -1.33. The van der Waals surface area contributed by atoms with Gasteiger partial charge in [-0.2, -0.15) is 5.26 Å². The van der Waals surface area contributed by atoms with Gasteiger partial charge in [0.1, 0.15) is 0 Å². The fourth-order valence-electron chi connectivity index (χ4n) is 1.65. The first-order chi connectivity index (χ1) is 6.24. The molecule has 0 radical (unpaired) electrons. The van der Waals surface area contributed by atoms with Crippen molar-refractivity contribution in [3.05, 3.63) is 35.4 Å². The van der Waals surface area contributed by atoms with Crippen LogP contribution in [-0.2, 0) is 5.41 Å². The van der Waals surface area contributed by atoms with Gasteiger partial charge in [0.25, 0.3) is 0 Å². The van der Waals surface area contributed by atoms with Gasteiger partial charge in [-0.1, -0.05) is 19.1 Å². The van der Waals surface area contributed by atoms with Crippen molar-refractivity contribution in [3.8, 4) is 6.07 Å². The van der Waals surface area contributed by atoms with Gasteiger partial charge < -0.3 is 5.32 Å². The third-order valence-electron chi connectivity index (χ3n) is 2.74. The second-order valence-corrected chi connectivity index (χ2v) is 3.85. The van der Waals surface area contributed by atoms with Crippen LogP contribution in [0.4, 0.5) is 0 Å². The van der Waals surface area contributed by atoms with Crippen LogP contribution in [0.3, 0.4) is 0 Å². The lowest BCUT2D eigenvalue weighted by Crippen LogP contribution is -2.54. The van der Waals surface area contributed by atoms with E-state index in [-0.39, 0.29) is 5.41 Å². The number of benzene rings is 1. The summed E-state index contributed by atoms with van der Waals surface area (Å²) < 4.78 is 0. The fraction of sp³-hybridized carbons (Fsp3) is 0.364. The zero-order valence-electron chi connectivity index (χ0n) is 7.67. The maximum absolute atomic E-state index is 8.64. The average molecular weight is 172 g/mol. The Morgan fingerprint density at radius 2 is 1.92 bits per heavy atom. The average Bonchev–Trinajstić information content (AvgIpc) is 2.14. The highest BCUT2D eigenvalue weighted by Crippen LogP contribution is 2.27. The number of hydrogen-bond donors (Lipinski definition) is 1. The summed E-state index contributed by atoms with van der Waals surface area (Å²) >= 11 is 0. The van der Waals surface area contributed by atoms with Gasteiger partial charge >= 0.3 is 0 Å². The van der Waals surface area contributed by atoms with Gasteiger partial charge in [0.2, 0.25) is 0 Å². The lowest BCUT2D eigenvalue weighted by atomic mass is 9.77. The molecule has 1 N–H and O–H groups in total. The molecule has 0 amide bonds. The van der Waals surface area contributed by atoms with Crippen LogP contribution in [0.2, 0.25) is 0 Å². The first kappa shape index (κ1) is 8.28. The fourth-order valence-corrected chi connectivity index (χ4v) is 1.65. The van der Waals surface area contributed by atoms with Crippen LogP contribution in [0.1, 0.15) is 18.1 Å². The van der Waals surface area contributed by atoms with E-state index in [0.29, 0.717) is 0 Å². The van der Waals surface area contributed by atoms with Crippen molar-refractivity contribution in [2.75, 3.05) is 13.1 Å². The van der Waals surface area contributed by atoms with Gasteiger partial charge in [0.15, 0.2) is 0 Å². The van der Waals surface area contributed by atoms with Crippen molar-refractivity contribution in [1.82, 2.24) is 5.32 Å². The summed E-state index contributed by atoms with van der Waals surface area (Å²) in [6.07, 6.45) is 0. The summed E-state index contributed by atoms with van der Waals surface area (Å²) in [6.45, 7) is 4.32. The Morgan fingerprint density at radius 3 is 2.31 bits per heavy atom. The standard InChI is InChI=1S/C11H12N2/c1-11(7-13-8-11)10-4-2-9(6-12)3-5-10/h2-5,13H,7-8H2,1H3. The highest BCUT2D eigenvalue weighted by atomic mass is 15.0. The van der Waals surface area contributed by atoms with Gasteiger partial charge in [-0.05, 0) is 17.7 Å². The van der Waals surface area contributed by atoms with E-state index >= 15 is 0 Å². The Kier molecular flexibility index (Phi) is 1.82. The molecule has 66 valence electrons. The van der Waals surface area contributed by atoms with Crippen molar-refractivity contribution < 1.29 is 0 Å². The molecule has 1 fully saturated rings. The van der Waals surface area contributed by atoms with Crippen molar-refractivity contribution in [3.63, 3.8) is 0 Å². The highest BCUT2D eigenvalue weighted by molar-refractivity contribution is 5.36. The van der Waals surface area contributed by atoms with Gasteiger partial charge in [-0.3, -0.25) is 0 Å². The summed E-state index contributed by atoms with van der Waals surface area (Å²) in [7, 11) is 0. The lowest BCUT2D eigenvalue weighted by Gasteiger charge is -2.39. The molecule has 1 heterocycles. The molecule has 0 bridgehead atoms. The van der Waals surface area contributed by atoms with E-state index in [9.17, 15) is 0 Å². The molecule has 0 atom stereocenters. The second-order valence-electron chi connectivity index (χ2n) is 3.85. The largest absolute Gasteiger partial charge is 0.315 e. The minimum absolute atomic E-state index is 0.286. The molecule has 13 heavy (non-hydrogen) atoms. The molecular weight excluding hydrogens is 160 g/mol. The minimum Gasteiger partial charge on any atom is -0.315 e. The van der Waals surface area contributed by atoms with Crippen molar-refractivity contribution >= 4 is 0 Å². The zero-order chi connectivity index (χ0) is 9.31. The summed E-state index contributed by atoms with van der Waals surface area (Å²) in [5.74, 6) is 0. The molecule has 2 heteroatoms. The molecule has 2 nitrogen and oxygen atoms in total. The SMILES string of the molecule is CC1(c2ccc(C#N)cc2)CNC1. The summed E-state index contributed by atoms with van der Waals surface area (Å²) in [5, 5.41) is 11.9. The monoisotopic (exact) mass is 172 g/mol. The highest BCUT2D eigenvalue weighted by Gasteiger charge is 2.32. The van der Waals surface area contributed by atoms with Crippen molar-refractivity contribution in [1.29, 1.82) is 5.26 Å². The molecular formula is C11H12N2. The van der Waals surface area contributed by atoms with E-state index in [4.69, 9.17) is 5.26 Å². The Labute approximate surface area is 78.2 Å². The molecule has 0 unspecified atom stereocenters. The molecule has 1 aromatic rings. The van der Waals surface area contributed by atoms with Crippen LogP contribution in [0, 0.1) is 11.3 Å². The topological polar surface area (TPSA) is 35.8 Å².